The molecular weight excluding hydrogens is 230 g/mol. The fourth-order valence-electron chi connectivity index (χ4n) is 1.54. The second-order valence-electron chi connectivity index (χ2n) is 3.99. The average Bonchev–Trinajstić information content (AvgIpc) is 2.39. The van der Waals surface area contributed by atoms with Crippen LogP contribution in [0, 0.1) is 0 Å². The third-order valence-corrected chi connectivity index (χ3v) is 2.40. The van der Waals surface area contributed by atoms with Gasteiger partial charge in [0.1, 0.15) is 6.61 Å². The van der Waals surface area contributed by atoms with Crippen LogP contribution in [0.3, 0.4) is 0 Å². The van der Waals surface area contributed by atoms with Crippen LogP contribution in [0.4, 0.5) is 0 Å². The van der Waals surface area contributed by atoms with Crippen molar-refractivity contribution in [2.24, 2.45) is 5.73 Å². The van der Waals surface area contributed by atoms with Crippen molar-refractivity contribution >= 4 is 5.97 Å². The molecule has 0 saturated carbocycles. The minimum Gasteiger partial charge on any atom is -0.460 e. The Morgan fingerprint density at radius 3 is 2.83 bits per heavy atom. The smallest absolute Gasteiger partial charge is 0.338 e. The Hall–Kier alpha value is -1.39. The maximum atomic E-state index is 11.7. The van der Waals surface area contributed by atoms with E-state index in [0.29, 0.717) is 31.9 Å². The molecule has 2 N–H and O–H groups in total. The molecule has 0 unspecified atom stereocenters. The summed E-state index contributed by atoms with van der Waals surface area (Å²) in [4.78, 5) is 11.7. The van der Waals surface area contributed by atoms with Gasteiger partial charge in [-0.2, -0.15) is 0 Å². The van der Waals surface area contributed by atoms with Gasteiger partial charge in [-0.1, -0.05) is 19.1 Å². The lowest BCUT2D eigenvalue weighted by molar-refractivity contribution is 0.0318. The molecule has 0 amide bonds. The second kappa shape index (κ2) is 8.66. The Morgan fingerprint density at radius 1 is 1.28 bits per heavy atom. The SMILES string of the molecule is CCCOCCOC(=O)c1cccc(CCN)c1. The Bertz CT molecular complexity index is 366. The van der Waals surface area contributed by atoms with E-state index in [2.05, 4.69) is 0 Å². The first-order valence-electron chi connectivity index (χ1n) is 6.31. The van der Waals surface area contributed by atoms with Crippen molar-refractivity contribution in [3.05, 3.63) is 35.4 Å². The first kappa shape index (κ1) is 14.7. The molecule has 100 valence electrons. The summed E-state index contributed by atoms with van der Waals surface area (Å²) in [6.45, 7) is 4.05. The van der Waals surface area contributed by atoms with Crippen molar-refractivity contribution < 1.29 is 14.3 Å². The van der Waals surface area contributed by atoms with E-state index in [0.717, 1.165) is 18.4 Å². The molecule has 1 aromatic carbocycles. The van der Waals surface area contributed by atoms with Crippen molar-refractivity contribution in [1.82, 2.24) is 0 Å². The minimum atomic E-state index is -0.311. The monoisotopic (exact) mass is 251 g/mol. The summed E-state index contributed by atoms with van der Waals surface area (Å²) >= 11 is 0. The predicted octanol–water partition coefficient (Wildman–Crippen LogP) is 1.77. The molecular formula is C14H21NO3. The third-order valence-electron chi connectivity index (χ3n) is 2.40. The zero-order chi connectivity index (χ0) is 13.2. The molecule has 0 atom stereocenters. The lowest BCUT2D eigenvalue weighted by Crippen LogP contribution is -2.11. The van der Waals surface area contributed by atoms with Crippen LogP contribution in [0.1, 0.15) is 29.3 Å². The molecule has 4 heteroatoms. The van der Waals surface area contributed by atoms with E-state index in [4.69, 9.17) is 15.2 Å². The number of rotatable bonds is 8. The fraction of sp³-hybridized carbons (Fsp3) is 0.500. The van der Waals surface area contributed by atoms with E-state index < -0.39 is 0 Å². The molecule has 0 aliphatic rings. The van der Waals surface area contributed by atoms with Crippen LogP contribution >= 0.6 is 0 Å². The Kier molecular flexibility index (Phi) is 7.06. The van der Waals surface area contributed by atoms with E-state index in [1.165, 1.54) is 0 Å². The third kappa shape index (κ3) is 5.29. The first-order chi connectivity index (χ1) is 8.77. The molecule has 0 aliphatic heterocycles. The zero-order valence-electron chi connectivity index (χ0n) is 10.9. The molecule has 0 radical (unpaired) electrons. The van der Waals surface area contributed by atoms with E-state index >= 15 is 0 Å². The molecule has 0 spiro atoms. The van der Waals surface area contributed by atoms with Gasteiger partial charge in [-0.05, 0) is 37.1 Å². The van der Waals surface area contributed by atoms with Gasteiger partial charge < -0.3 is 15.2 Å². The van der Waals surface area contributed by atoms with E-state index in [1.807, 2.05) is 25.1 Å². The Labute approximate surface area is 108 Å². The number of carbonyl (C=O) groups is 1. The number of hydrogen-bond donors (Lipinski definition) is 1. The lowest BCUT2D eigenvalue weighted by Gasteiger charge is -2.06. The number of benzene rings is 1. The molecule has 0 aromatic heterocycles. The molecule has 4 nitrogen and oxygen atoms in total. The summed E-state index contributed by atoms with van der Waals surface area (Å²) in [7, 11) is 0. The van der Waals surface area contributed by atoms with Crippen molar-refractivity contribution in [2.75, 3.05) is 26.4 Å². The van der Waals surface area contributed by atoms with Gasteiger partial charge in [0.25, 0.3) is 0 Å². The van der Waals surface area contributed by atoms with Crippen LogP contribution in [-0.2, 0) is 15.9 Å². The van der Waals surface area contributed by atoms with Crippen LogP contribution in [-0.4, -0.2) is 32.3 Å². The van der Waals surface area contributed by atoms with Crippen LogP contribution < -0.4 is 5.73 Å². The van der Waals surface area contributed by atoms with Crippen LogP contribution in [0.2, 0.25) is 0 Å². The lowest BCUT2D eigenvalue weighted by atomic mass is 10.1. The largest absolute Gasteiger partial charge is 0.460 e. The van der Waals surface area contributed by atoms with Crippen molar-refractivity contribution in [3.63, 3.8) is 0 Å². The summed E-state index contributed by atoms with van der Waals surface area (Å²) in [6, 6.07) is 7.36. The number of carbonyl (C=O) groups excluding carboxylic acids is 1. The summed E-state index contributed by atoms with van der Waals surface area (Å²) < 4.78 is 10.4. The van der Waals surface area contributed by atoms with E-state index in [-0.39, 0.29) is 5.97 Å². The quantitative estimate of drug-likeness (QED) is 0.565. The maximum Gasteiger partial charge on any atom is 0.338 e. The molecule has 0 heterocycles. The number of nitrogens with two attached hydrogens (primary N) is 1. The van der Waals surface area contributed by atoms with Gasteiger partial charge in [-0.15, -0.1) is 0 Å². The van der Waals surface area contributed by atoms with Gasteiger partial charge in [0.2, 0.25) is 0 Å². The first-order valence-corrected chi connectivity index (χ1v) is 6.31. The summed E-state index contributed by atoms with van der Waals surface area (Å²) in [5.74, 6) is -0.311. The normalized spacial score (nSPS) is 10.3. The Balaban J connectivity index is 2.38. The fourth-order valence-corrected chi connectivity index (χ4v) is 1.54. The second-order valence-corrected chi connectivity index (χ2v) is 3.99. The van der Waals surface area contributed by atoms with Gasteiger partial charge in [0.15, 0.2) is 0 Å². The standard InChI is InChI=1S/C14H21NO3/c1-2-8-17-9-10-18-14(16)13-5-3-4-12(11-13)6-7-15/h3-5,11H,2,6-10,15H2,1H3. The Morgan fingerprint density at radius 2 is 2.11 bits per heavy atom. The number of hydrogen-bond acceptors (Lipinski definition) is 4. The van der Waals surface area contributed by atoms with Gasteiger partial charge in [0, 0.05) is 6.61 Å². The van der Waals surface area contributed by atoms with E-state index in [1.54, 1.807) is 6.07 Å². The van der Waals surface area contributed by atoms with Gasteiger partial charge >= 0.3 is 5.97 Å². The molecule has 1 rings (SSSR count). The van der Waals surface area contributed by atoms with Crippen molar-refractivity contribution in [1.29, 1.82) is 0 Å². The summed E-state index contributed by atoms with van der Waals surface area (Å²) in [6.07, 6.45) is 1.73. The molecule has 0 aliphatic carbocycles. The maximum absolute atomic E-state index is 11.7. The van der Waals surface area contributed by atoms with Gasteiger partial charge in [-0.3, -0.25) is 0 Å². The van der Waals surface area contributed by atoms with Crippen LogP contribution in [0.15, 0.2) is 24.3 Å². The summed E-state index contributed by atoms with van der Waals surface area (Å²) in [5, 5.41) is 0. The van der Waals surface area contributed by atoms with Crippen molar-refractivity contribution in [3.8, 4) is 0 Å². The van der Waals surface area contributed by atoms with Crippen molar-refractivity contribution in [2.45, 2.75) is 19.8 Å². The molecule has 1 aromatic rings. The highest BCUT2D eigenvalue weighted by Crippen LogP contribution is 2.07. The highest BCUT2D eigenvalue weighted by molar-refractivity contribution is 5.89. The molecule has 0 bridgehead atoms. The molecule has 18 heavy (non-hydrogen) atoms. The molecule has 0 fully saturated rings. The highest BCUT2D eigenvalue weighted by Gasteiger charge is 2.07. The highest BCUT2D eigenvalue weighted by atomic mass is 16.6. The minimum absolute atomic E-state index is 0.292. The topological polar surface area (TPSA) is 61.5 Å². The van der Waals surface area contributed by atoms with Crippen LogP contribution in [0.5, 0.6) is 0 Å². The van der Waals surface area contributed by atoms with Gasteiger partial charge in [-0.25, -0.2) is 4.79 Å². The zero-order valence-corrected chi connectivity index (χ0v) is 10.9. The van der Waals surface area contributed by atoms with Gasteiger partial charge in [0.05, 0.1) is 12.2 Å². The van der Waals surface area contributed by atoms with Crippen LogP contribution in [0.25, 0.3) is 0 Å². The van der Waals surface area contributed by atoms with E-state index in [9.17, 15) is 4.79 Å². The predicted molar refractivity (Wildman–Crippen MR) is 70.6 cm³/mol. The summed E-state index contributed by atoms with van der Waals surface area (Å²) in [5.41, 5.74) is 7.10. The number of esters is 1. The average molecular weight is 251 g/mol. The molecule has 0 saturated heterocycles. The number of ether oxygens (including phenoxy) is 2.